The number of aromatic carboxylic acids is 1. The van der Waals surface area contributed by atoms with Crippen LogP contribution in [0.4, 0.5) is 5.69 Å². The molecule has 0 fully saturated rings. The number of carboxylic acid groups (broad SMARTS) is 1. The average Bonchev–Trinajstić information content (AvgIpc) is 2.69. The number of nitriles is 1. The zero-order valence-electron chi connectivity index (χ0n) is 15.9. The standard InChI is InChI=1S/C21H19ClN2O5/c1-3-28-18-10-14(17(22)11-19(18)29-4-2)8-15(12-23)20(25)24-16-7-5-6-13(9-16)21(26)27/h5-11H,3-4H2,1-2H3,(H,24,25)(H,26,27). The summed E-state index contributed by atoms with van der Waals surface area (Å²) in [7, 11) is 0. The Kier molecular flexibility index (Phi) is 7.63. The maximum atomic E-state index is 12.5. The van der Waals surface area contributed by atoms with Gasteiger partial charge in [-0.1, -0.05) is 17.7 Å². The molecule has 0 aliphatic carbocycles. The highest BCUT2D eigenvalue weighted by atomic mass is 35.5. The highest BCUT2D eigenvalue weighted by molar-refractivity contribution is 6.32. The number of carbonyl (C=O) groups is 2. The van der Waals surface area contributed by atoms with Crippen molar-refractivity contribution in [3.05, 3.63) is 58.1 Å². The Morgan fingerprint density at radius 2 is 1.83 bits per heavy atom. The number of nitrogens with one attached hydrogen (secondary N) is 1. The van der Waals surface area contributed by atoms with Crippen molar-refractivity contribution < 1.29 is 24.2 Å². The van der Waals surface area contributed by atoms with Gasteiger partial charge < -0.3 is 19.9 Å². The third-order valence-corrected chi connectivity index (χ3v) is 4.02. The molecule has 2 aromatic rings. The molecule has 2 rings (SSSR count). The number of halogens is 1. The molecule has 29 heavy (non-hydrogen) atoms. The van der Waals surface area contributed by atoms with Crippen LogP contribution in [0.5, 0.6) is 11.5 Å². The molecule has 0 radical (unpaired) electrons. The first-order chi connectivity index (χ1) is 13.9. The molecule has 1 amide bonds. The van der Waals surface area contributed by atoms with E-state index < -0.39 is 11.9 Å². The summed E-state index contributed by atoms with van der Waals surface area (Å²) in [5.74, 6) is -0.915. The molecule has 0 aliphatic rings. The topological polar surface area (TPSA) is 109 Å². The summed E-state index contributed by atoms with van der Waals surface area (Å²) in [6.45, 7) is 4.47. The predicted molar refractivity (Wildman–Crippen MR) is 109 cm³/mol. The average molecular weight is 415 g/mol. The van der Waals surface area contributed by atoms with Crippen LogP contribution in [-0.2, 0) is 4.79 Å². The molecular formula is C21H19ClN2O5. The van der Waals surface area contributed by atoms with Crippen molar-refractivity contribution in [2.24, 2.45) is 0 Å². The number of nitrogens with zero attached hydrogens (tertiary/aromatic N) is 1. The van der Waals surface area contributed by atoms with Gasteiger partial charge in [0, 0.05) is 11.8 Å². The molecule has 0 aromatic heterocycles. The van der Waals surface area contributed by atoms with E-state index in [0.29, 0.717) is 30.3 Å². The maximum absolute atomic E-state index is 12.5. The number of anilines is 1. The van der Waals surface area contributed by atoms with Gasteiger partial charge in [0.25, 0.3) is 5.91 Å². The second-order valence-electron chi connectivity index (χ2n) is 5.70. The highest BCUT2D eigenvalue weighted by Crippen LogP contribution is 2.34. The Morgan fingerprint density at radius 1 is 1.17 bits per heavy atom. The molecule has 8 heteroatoms. The first-order valence-electron chi connectivity index (χ1n) is 8.75. The fourth-order valence-electron chi connectivity index (χ4n) is 2.43. The van der Waals surface area contributed by atoms with Crippen molar-refractivity contribution in [3.63, 3.8) is 0 Å². The Hall–Kier alpha value is -3.50. The van der Waals surface area contributed by atoms with E-state index in [1.807, 2.05) is 19.9 Å². The Bertz CT molecular complexity index is 995. The minimum atomic E-state index is -1.12. The summed E-state index contributed by atoms with van der Waals surface area (Å²) in [4.78, 5) is 23.5. The third-order valence-electron chi connectivity index (χ3n) is 3.70. The summed E-state index contributed by atoms with van der Waals surface area (Å²) >= 11 is 6.27. The minimum absolute atomic E-state index is 0.0150. The van der Waals surface area contributed by atoms with Crippen LogP contribution in [0.2, 0.25) is 5.02 Å². The van der Waals surface area contributed by atoms with Crippen molar-refractivity contribution in [2.45, 2.75) is 13.8 Å². The van der Waals surface area contributed by atoms with E-state index in [4.69, 9.17) is 26.2 Å². The zero-order valence-corrected chi connectivity index (χ0v) is 16.6. The summed E-state index contributed by atoms with van der Waals surface area (Å²) < 4.78 is 11.0. The fraction of sp³-hybridized carbons (Fsp3) is 0.190. The Labute approximate surface area is 173 Å². The summed E-state index contributed by atoms with van der Waals surface area (Å²) in [5.41, 5.74) is 0.467. The van der Waals surface area contributed by atoms with E-state index in [1.165, 1.54) is 30.3 Å². The number of carbonyl (C=O) groups excluding carboxylic acids is 1. The predicted octanol–water partition coefficient (Wildman–Crippen LogP) is 4.38. The molecule has 0 unspecified atom stereocenters. The van der Waals surface area contributed by atoms with Crippen LogP contribution in [0.25, 0.3) is 6.08 Å². The van der Waals surface area contributed by atoms with Crippen molar-refractivity contribution in [2.75, 3.05) is 18.5 Å². The quantitative estimate of drug-likeness (QED) is 0.490. The lowest BCUT2D eigenvalue weighted by molar-refractivity contribution is -0.112. The van der Waals surface area contributed by atoms with Crippen LogP contribution in [0.3, 0.4) is 0 Å². The van der Waals surface area contributed by atoms with Crippen LogP contribution < -0.4 is 14.8 Å². The number of rotatable bonds is 8. The molecular weight excluding hydrogens is 396 g/mol. The molecule has 7 nitrogen and oxygen atoms in total. The molecule has 2 aromatic carbocycles. The van der Waals surface area contributed by atoms with E-state index in [2.05, 4.69) is 5.32 Å². The molecule has 0 saturated carbocycles. The minimum Gasteiger partial charge on any atom is -0.490 e. The summed E-state index contributed by atoms with van der Waals surface area (Å²) in [6.07, 6.45) is 1.33. The van der Waals surface area contributed by atoms with E-state index >= 15 is 0 Å². The summed E-state index contributed by atoms with van der Waals surface area (Å²) in [6, 6.07) is 10.7. The van der Waals surface area contributed by atoms with E-state index in [1.54, 1.807) is 12.1 Å². The lowest BCUT2D eigenvalue weighted by atomic mass is 10.1. The number of hydrogen-bond donors (Lipinski definition) is 2. The van der Waals surface area contributed by atoms with Crippen LogP contribution in [0.15, 0.2) is 42.0 Å². The lowest BCUT2D eigenvalue weighted by Crippen LogP contribution is -2.14. The molecule has 2 N–H and O–H groups in total. The molecule has 0 aliphatic heterocycles. The first-order valence-corrected chi connectivity index (χ1v) is 9.13. The Balaban J connectivity index is 2.34. The van der Waals surface area contributed by atoms with Gasteiger partial charge in [-0.15, -0.1) is 0 Å². The number of benzene rings is 2. The number of amides is 1. The van der Waals surface area contributed by atoms with Crippen molar-refractivity contribution in [1.29, 1.82) is 5.26 Å². The smallest absolute Gasteiger partial charge is 0.335 e. The van der Waals surface area contributed by atoms with Gasteiger partial charge in [-0.25, -0.2) is 4.79 Å². The second-order valence-corrected chi connectivity index (χ2v) is 6.10. The van der Waals surface area contributed by atoms with Gasteiger partial charge in [-0.05, 0) is 49.8 Å². The van der Waals surface area contributed by atoms with E-state index in [9.17, 15) is 14.9 Å². The molecule has 0 atom stereocenters. The van der Waals surface area contributed by atoms with Gasteiger partial charge in [0.05, 0.1) is 23.8 Å². The van der Waals surface area contributed by atoms with Crippen LogP contribution in [-0.4, -0.2) is 30.2 Å². The number of carboxylic acids is 1. The van der Waals surface area contributed by atoms with Gasteiger partial charge in [0.1, 0.15) is 11.6 Å². The van der Waals surface area contributed by atoms with Gasteiger partial charge in [0.15, 0.2) is 11.5 Å². The van der Waals surface area contributed by atoms with Crippen molar-refractivity contribution in [3.8, 4) is 17.6 Å². The maximum Gasteiger partial charge on any atom is 0.335 e. The monoisotopic (exact) mass is 414 g/mol. The van der Waals surface area contributed by atoms with Gasteiger partial charge in [0.2, 0.25) is 0 Å². The molecule has 0 spiro atoms. The van der Waals surface area contributed by atoms with Gasteiger partial charge >= 0.3 is 5.97 Å². The number of hydrogen-bond acceptors (Lipinski definition) is 5. The fourth-order valence-corrected chi connectivity index (χ4v) is 2.64. The van der Waals surface area contributed by atoms with Crippen LogP contribution >= 0.6 is 11.6 Å². The molecule has 0 bridgehead atoms. The lowest BCUT2D eigenvalue weighted by Gasteiger charge is -2.13. The highest BCUT2D eigenvalue weighted by Gasteiger charge is 2.15. The van der Waals surface area contributed by atoms with E-state index in [0.717, 1.165) is 0 Å². The zero-order chi connectivity index (χ0) is 21.4. The van der Waals surface area contributed by atoms with Crippen LogP contribution in [0, 0.1) is 11.3 Å². The third kappa shape index (κ3) is 5.74. The molecule has 0 heterocycles. The normalized spacial score (nSPS) is 10.8. The summed E-state index contributed by atoms with van der Waals surface area (Å²) in [5, 5.41) is 21.2. The van der Waals surface area contributed by atoms with E-state index in [-0.39, 0.29) is 21.8 Å². The van der Waals surface area contributed by atoms with Crippen molar-refractivity contribution >= 4 is 35.2 Å². The Morgan fingerprint density at radius 3 is 2.41 bits per heavy atom. The van der Waals surface area contributed by atoms with Gasteiger partial charge in [-0.2, -0.15) is 5.26 Å². The second kappa shape index (κ2) is 10.2. The van der Waals surface area contributed by atoms with Gasteiger partial charge in [-0.3, -0.25) is 4.79 Å². The first kappa shape index (κ1) is 21.8. The van der Waals surface area contributed by atoms with Crippen LogP contribution in [0.1, 0.15) is 29.8 Å². The largest absolute Gasteiger partial charge is 0.490 e. The molecule has 150 valence electrons. The SMILES string of the molecule is CCOc1cc(Cl)c(C=C(C#N)C(=O)Nc2cccc(C(=O)O)c2)cc1OCC. The molecule has 0 saturated heterocycles. The number of ether oxygens (including phenoxy) is 2. The van der Waals surface area contributed by atoms with Crippen molar-refractivity contribution in [1.82, 2.24) is 0 Å².